The van der Waals surface area contributed by atoms with Crippen molar-refractivity contribution >= 4 is 28.7 Å². The maximum atomic E-state index is 4.20. The molecule has 6 heteroatoms. The van der Waals surface area contributed by atoms with Crippen molar-refractivity contribution in [2.75, 3.05) is 18.1 Å². The molecule has 0 aliphatic heterocycles. The predicted molar refractivity (Wildman–Crippen MR) is 67.8 cm³/mol. The molecule has 1 unspecified atom stereocenters. The molecule has 0 amide bonds. The number of fused-ring (bicyclic) bond motifs is 1. The van der Waals surface area contributed by atoms with Gasteiger partial charge in [-0.1, -0.05) is 6.92 Å². The van der Waals surface area contributed by atoms with Gasteiger partial charge in [0.05, 0.1) is 6.33 Å². The Bertz CT molecular complexity index is 455. The monoisotopic (exact) mass is 237 g/mol. The van der Waals surface area contributed by atoms with Crippen LogP contribution in [-0.2, 0) is 0 Å². The van der Waals surface area contributed by atoms with E-state index in [-0.39, 0.29) is 0 Å². The quantitative estimate of drug-likeness (QED) is 0.831. The van der Waals surface area contributed by atoms with Gasteiger partial charge in [-0.05, 0) is 12.7 Å². The first-order valence-corrected chi connectivity index (χ1v) is 6.51. The van der Waals surface area contributed by atoms with Crippen LogP contribution in [0.2, 0.25) is 0 Å². The molecule has 2 N–H and O–H groups in total. The van der Waals surface area contributed by atoms with Crippen molar-refractivity contribution in [1.29, 1.82) is 0 Å². The maximum absolute atomic E-state index is 4.20. The van der Waals surface area contributed by atoms with Gasteiger partial charge in [0.15, 0.2) is 11.5 Å². The fourth-order valence-corrected chi connectivity index (χ4v) is 1.76. The molecule has 2 heterocycles. The standard InChI is InChI=1S/C10H15N5S/c1-7(16-2)3-4-11-9-8-10(13-5-12-8)15-6-14-9/h5-7H,3-4H2,1-2H3,(H2,11,12,13,14,15). The van der Waals surface area contributed by atoms with E-state index in [1.807, 2.05) is 11.8 Å². The molecular weight excluding hydrogens is 222 g/mol. The van der Waals surface area contributed by atoms with Crippen LogP contribution >= 0.6 is 11.8 Å². The van der Waals surface area contributed by atoms with E-state index < -0.39 is 0 Å². The second-order valence-electron chi connectivity index (χ2n) is 3.59. The highest BCUT2D eigenvalue weighted by Gasteiger charge is 2.05. The zero-order chi connectivity index (χ0) is 11.4. The third-order valence-electron chi connectivity index (χ3n) is 2.47. The van der Waals surface area contributed by atoms with E-state index in [1.165, 1.54) is 6.33 Å². The first-order valence-electron chi connectivity index (χ1n) is 5.22. The average molecular weight is 237 g/mol. The molecular formula is C10H15N5S. The fourth-order valence-electron chi connectivity index (χ4n) is 1.41. The van der Waals surface area contributed by atoms with Gasteiger partial charge >= 0.3 is 0 Å². The summed E-state index contributed by atoms with van der Waals surface area (Å²) in [7, 11) is 0. The number of rotatable bonds is 5. The van der Waals surface area contributed by atoms with Gasteiger partial charge in [-0.25, -0.2) is 15.0 Å². The number of hydrogen-bond acceptors (Lipinski definition) is 5. The van der Waals surface area contributed by atoms with Crippen LogP contribution in [0.5, 0.6) is 0 Å². The van der Waals surface area contributed by atoms with E-state index >= 15 is 0 Å². The summed E-state index contributed by atoms with van der Waals surface area (Å²) in [6, 6.07) is 0. The van der Waals surface area contributed by atoms with Gasteiger partial charge in [0, 0.05) is 11.8 Å². The lowest BCUT2D eigenvalue weighted by atomic mass is 10.3. The summed E-state index contributed by atoms with van der Waals surface area (Å²) in [5, 5.41) is 3.96. The van der Waals surface area contributed by atoms with Crippen molar-refractivity contribution in [3.63, 3.8) is 0 Å². The van der Waals surface area contributed by atoms with Crippen molar-refractivity contribution < 1.29 is 0 Å². The molecule has 0 bridgehead atoms. The number of imidazole rings is 1. The molecule has 2 rings (SSSR count). The summed E-state index contributed by atoms with van der Waals surface area (Å²) in [5.41, 5.74) is 1.58. The highest BCUT2D eigenvalue weighted by Crippen LogP contribution is 2.15. The number of H-pyrrole nitrogens is 1. The first kappa shape index (κ1) is 11.2. The Hall–Kier alpha value is -1.30. The predicted octanol–water partition coefficient (Wildman–Crippen LogP) is 1.91. The molecule has 0 spiro atoms. The summed E-state index contributed by atoms with van der Waals surface area (Å²) < 4.78 is 0. The maximum Gasteiger partial charge on any atom is 0.182 e. The topological polar surface area (TPSA) is 66.5 Å². The Labute approximate surface area is 98.5 Å². The van der Waals surface area contributed by atoms with Crippen LogP contribution in [0.25, 0.3) is 11.2 Å². The van der Waals surface area contributed by atoms with Crippen LogP contribution in [0.3, 0.4) is 0 Å². The highest BCUT2D eigenvalue weighted by atomic mass is 32.2. The Morgan fingerprint density at radius 1 is 1.44 bits per heavy atom. The van der Waals surface area contributed by atoms with Gasteiger partial charge < -0.3 is 10.3 Å². The Balaban J connectivity index is 2.01. The minimum atomic E-state index is 0.659. The van der Waals surface area contributed by atoms with Crippen LogP contribution < -0.4 is 5.32 Å². The molecule has 2 aromatic heterocycles. The van der Waals surface area contributed by atoms with E-state index in [0.717, 1.165) is 24.3 Å². The van der Waals surface area contributed by atoms with Crippen LogP contribution in [-0.4, -0.2) is 38.0 Å². The van der Waals surface area contributed by atoms with Gasteiger partial charge in [-0.2, -0.15) is 11.8 Å². The molecule has 0 saturated heterocycles. The molecule has 0 aliphatic carbocycles. The zero-order valence-electron chi connectivity index (χ0n) is 9.40. The van der Waals surface area contributed by atoms with Gasteiger partial charge in [0.25, 0.3) is 0 Å². The molecule has 16 heavy (non-hydrogen) atoms. The SMILES string of the molecule is CSC(C)CCNc1ncnc2nc[nH]c12. The third-order valence-corrected chi connectivity index (χ3v) is 3.51. The lowest BCUT2D eigenvalue weighted by Gasteiger charge is -2.09. The number of thioether (sulfide) groups is 1. The van der Waals surface area contributed by atoms with Gasteiger partial charge in [-0.15, -0.1) is 0 Å². The van der Waals surface area contributed by atoms with Crippen molar-refractivity contribution in [2.24, 2.45) is 0 Å². The van der Waals surface area contributed by atoms with Crippen molar-refractivity contribution in [3.05, 3.63) is 12.7 Å². The Kier molecular flexibility index (Phi) is 3.61. The lowest BCUT2D eigenvalue weighted by Crippen LogP contribution is -2.09. The highest BCUT2D eigenvalue weighted by molar-refractivity contribution is 7.99. The molecule has 0 aromatic carbocycles. The fraction of sp³-hybridized carbons (Fsp3) is 0.500. The third kappa shape index (κ3) is 2.44. The van der Waals surface area contributed by atoms with Gasteiger partial charge in [0.1, 0.15) is 11.8 Å². The van der Waals surface area contributed by atoms with Gasteiger partial charge in [0.2, 0.25) is 0 Å². The van der Waals surface area contributed by atoms with Crippen LogP contribution in [0.1, 0.15) is 13.3 Å². The van der Waals surface area contributed by atoms with Gasteiger partial charge in [-0.3, -0.25) is 0 Å². The second-order valence-corrected chi connectivity index (χ2v) is 4.86. The van der Waals surface area contributed by atoms with Crippen LogP contribution in [0.4, 0.5) is 5.82 Å². The molecule has 1 atom stereocenters. The van der Waals surface area contributed by atoms with E-state index in [2.05, 4.69) is 38.4 Å². The van der Waals surface area contributed by atoms with E-state index in [1.54, 1.807) is 6.33 Å². The second kappa shape index (κ2) is 5.16. The van der Waals surface area contributed by atoms with Crippen molar-refractivity contribution in [3.8, 4) is 0 Å². The van der Waals surface area contributed by atoms with Crippen molar-refractivity contribution in [2.45, 2.75) is 18.6 Å². The number of nitrogens with zero attached hydrogens (tertiary/aromatic N) is 3. The molecule has 0 aliphatic rings. The smallest absolute Gasteiger partial charge is 0.182 e. The first-order chi connectivity index (χ1) is 7.81. The minimum absolute atomic E-state index is 0.659. The largest absolute Gasteiger partial charge is 0.368 e. The van der Waals surface area contributed by atoms with E-state index in [9.17, 15) is 0 Å². The number of nitrogens with one attached hydrogen (secondary N) is 2. The van der Waals surface area contributed by atoms with E-state index in [0.29, 0.717) is 10.9 Å². The zero-order valence-corrected chi connectivity index (χ0v) is 10.2. The summed E-state index contributed by atoms with van der Waals surface area (Å²) >= 11 is 1.87. The summed E-state index contributed by atoms with van der Waals surface area (Å²) in [6.07, 6.45) is 6.40. The molecule has 5 nitrogen and oxygen atoms in total. The average Bonchev–Trinajstić information content (AvgIpc) is 2.77. The Morgan fingerprint density at radius 2 is 2.31 bits per heavy atom. The molecule has 86 valence electrons. The molecule has 0 saturated carbocycles. The summed E-state index contributed by atoms with van der Waals surface area (Å²) in [5.74, 6) is 0.829. The molecule has 0 radical (unpaired) electrons. The number of aromatic nitrogens is 4. The van der Waals surface area contributed by atoms with E-state index in [4.69, 9.17) is 0 Å². The van der Waals surface area contributed by atoms with Crippen molar-refractivity contribution in [1.82, 2.24) is 19.9 Å². The number of anilines is 1. The summed E-state index contributed by atoms with van der Waals surface area (Å²) in [6.45, 7) is 3.13. The minimum Gasteiger partial charge on any atom is -0.368 e. The van der Waals surface area contributed by atoms with Crippen LogP contribution in [0.15, 0.2) is 12.7 Å². The normalized spacial score (nSPS) is 12.9. The molecule has 0 fully saturated rings. The number of hydrogen-bond donors (Lipinski definition) is 2. The summed E-state index contributed by atoms with van der Waals surface area (Å²) in [4.78, 5) is 15.4. The van der Waals surface area contributed by atoms with Crippen LogP contribution in [0, 0.1) is 0 Å². The number of aromatic amines is 1. The Morgan fingerprint density at radius 3 is 3.12 bits per heavy atom. The molecule has 2 aromatic rings. The lowest BCUT2D eigenvalue weighted by molar-refractivity contribution is 0.850.